The fourth-order valence-electron chi connectivity index (χ4n) is 2.69. The maximum absolute atomic E-state index is 5.40. The van der Waals surface area contributed by atoms with Gasteiger partial charge in [0.25, 0.3) is 0 Å². The number of ether oxygens (including phenoxy) is 1. The third kappa shape index (κ3) is 3.75. The molecule has 0 atom stereocenters. The Morgan fingerprint density at radius 3 is 2.73 bits per heavy atom. The molecule has 3 aromatic rings. The molecule has 8 heteroatoms. The minimum Gasteiger partial charge on any atom is -0.497 e. The van der Waals surface area contributed by atoms with Crippen molar-refractivity contribution < 1.29 is 9.26 Å². The van der Waals surface area contributed by atoms with Crippen molar-refractivity contribution in [3.05, 3.63) is 42.6 Å². The van der Waals surface area contributed by atoms with E-state index in [1.54, 1.807) is 13.3 Å². The van der Waals surface area contributed by atoms with Gasteiger partial charge >= 0.3 is 0 Å². The van der Waals surface area contributed by atoms with Crippen molar-refractivity contribution in [1.29, 1.82) is 0 Å². The number of anilines is 3. The molecule has 2 aromatic heterocycles. The number of thioether (sulfide) groups is 1. The second kappa shape index (κ2) is 7.65. The van der Waals surface area contributed by atoms with Gasteiger partial charge in [-0.05, 0) is 30.3 Å². The molecule has 1 saturated heterocycles. The van der Waals surface area contributed by atoms with E-state index in [0.29, 0.717) is 11.7 Å². The van der Waals surface area contributed by atoms with Crippen LogP contribution in [0.15, 0.2) is 47.1 Å². The zero-order valence-electron chi connectivity index (χ0n) is 14.4. The highest BCUT2D eigenvalue weighted by Gasteiger charge is 2.14. The molecule has 0 amide bonds. The molecule has 1 aliphatic heterocycles. The minimum absolute atomic E-state index is 0.537. The standard InChI is InChI=1S/C18H19N5O2S/c1-24-14-4-2-13(3-5-14)15-12-17(25-22-15)20-16-6-7-19-18(21-16)23-8-10-26-11-9-23/h2-7,12H,8-11H2,1H3,(H,19,20,21). The van der Waals surface area contributed by atoms with Gasteiger partial charge in [-0.2, -0.15) is 16.7 Å². The summed E-state index contributed by atoms with van der Waals surface area (Å²) in [5.41, 5.74) is 1.70. The van der Waals surface area contributed by atoms with Crippen LogP contribution < -0.4 is 15.0 Å². The van der Waals surface area contributed by atoms with Crippen molar-refractivity contribution in [3.8, 4) is 17.0 Å². The first-order chi connectivity index (χ1) is 12.8. The lowest BCUT2D eigenvalue weighted by atomic mass is 10.1. The normalized spacial score (nSPS) is 14.3. The summed E-state index contributed by atoms with van der Waals surface area (Å²) in [6.07, 6.45) is 1.76. The molecule has 1 aliphatic rings. The second-order valence-electron chi connectivity index (χ2n) is 5.77. The fraction of sp³-hybridized carbons (Fsp3) is 0.278. The Balaban J connectivity index is 1.48. The first-order valence-electron chi connectivity index (χ1n) is 8.36. The highest BCUT2D eigenvalue weighted by Crippen LogP contribution is 2.26. The van der Waals surface area contributed by atoms with Gasteiger partial charge in [0, 0.05) is 42.4 Å². The summed E-state index contributed by atoms with van der Waals surface area (Å²) >= 11 is 1.96. The van der Waals surface area contributed by atoms with Gasteiger partial charge in [0.05, 0.1) is 7.11 Å². The Labute approximate surface area is 155 Å². The summed E-state index contributed by atoms with van der Waals surface area (Å²) in [5.74, 6) is 4.98. The molecule has 1 fully saturated rings. The third-order valence-corrected chi connectivity index (χ3v) is 5.03. The molecule has 0 bridgehead atoms. The number of nitrogens with one attached hydrogen (secondary N) is 1. The maximum atomic E-state index is 5.40. The van der Waals surface area contributed by atoms with Crippen molar-refractivity contribution in [2.75, 3.05) is 41.9 Å². The number of hydrogen-bond donors (Lipinski definition) is 1. The SMILES string of the molecule is COc1ccc(-c2cc(Nc3ccnc(N4CCSCC4)n3)on2)cc1. The Kier molecular flexibility index (Phi) is 4.92. The van der Waals surface area contributed by atoms with Crippen LogP contribution in [-0.2, 0) is 0 Å². The van der Waals surface area contributed by atoms with Gasteiger partial charge in [0.1, 0.15) is 17.3 Å². The van der Waals surface area contributed by atoms with E-state index in [2.05, 4.69) is 25.3 Å². The van der Waals surface area contributed by atoms with Crippen LogP contribution in [0.2, 0.25) is 0 Å². The Hall–Kier alpha value is -2.74. The van der Waals surface area contributed by atoms with Crippen LogP contribution in [0.3, 0.4) is 0 Å². The summed E-state index contributed by atoms with van der Waals surface area (Å²) < 4.78 is 10.6. The monoisotopic (exact) mass is 369 g/mol. The number of rotatable bonds is 5. The Morgan fingerprint density at radius 1 is 1.15 bits per heavy atom. The molecule has 7 nitrogen and oxygen atoms in total. The van der Waals surface area contributed by atoms with E-state index in [-0.39, 0.29) is 0 Å². The summed E-state index contributed by atoms with van der Waals surface area (Å²) in [6, 6.07) is 11.3. The molecular weight excluding hydrogens is 350 g/mol. The van der Waals surface area contributed by atoms with Crippen LogP contribution in [0.25, 0.3) is 11.3 Å². The average molecular weight is 369 g/mol. The van der Waals surface area contributed by atoms with E-state index >= 15 is 0 Å². The number of aromatic nitrogens is 3. The van der Waals surface area contributed by atoms with Gasteiger partial charge < -0.3 is 19.5 Å². The van der Waals surface area contributed by atoms with Crippen LogP contribution in [0.1, 0.15) is 0 Å². The predicted octanol–water partition coefficient (Wildman–Crippen LogP) is 3.44. The van der Waals surface area contributed by atoms with Crippen molar-refractivity contribution in [1.82, 2.24) is 15.1 Å². The molecule has 1 N–H and O–H groups in total. The summed E-state index contributed by atoms with van der Waals surface area (Å²) in [6.45, 7) is 1.94. The summed E-state index contributed by atoms with van der Waals surface area (Å²) in [4.78, 5) is 11.2. The van der Waals surface area contributed by atoms with Gasteiger partial charge in [-0.15, -0.1) is 0 Å². The first kappa shape index (κ1) is 16.7. The maximum Gasteiger partial charge on any atom is 0.230 e. The first-order valence-corrected chi connectivity index (χ1v) is 9.51. The molecule has 0 aliphatic carbocycles. The number of benzene rings is 1. The van der Waals surface area contributed by atoms with Crippen LogP contribution >= 0.6 is 11.8 Å². The molecule has 0 spiro atoms. The Bertz CT molecular complexity index is 862. The molecule has 0 radical (unpaired) electrons. The number of hydrogen-bond acceptors (Lipinski definition) is 8. The van der Waals surface area contributed by atoms with Crippen molar-refractivity contribution in [2.24, 2.45) is 0 Å². The lowest BCUT2D eigenvalue weighted by molar-refractivity contribution is 0.415. The van der Waals surface area contributed by atoms with Gasteiger partial charge in [0.15, 0.2) is 0 Å². The van der Waals surface area contributed by atoms with E-state index in [1.807, 2.05) is 48.2 Å². The smallest absolute Gasteiger partial charge is 0.230 e. The van der Waals surface area contributed by atoms with E-state index in [1.165, 1.54) is 0 Å². The molecular formula is C18H19N5O2S. The molecule has 26 heavy (non-hydrogen) atoms. The second-order valence-corrected chi connectivity index (χ2v) is 7.00. The van der Waals surface area contributed by atoms with Crippen molar-refractivity contribution >= 4 is 29.4 Å². The average Bonchev–Trinajstić information content (AvgIpc) is 3.17. The van der Waals surface area contributed by atoms with Gasteiger partial charge in [-0.3, -0.25) is 0 Å². The summed E-state index contributed by atoms with van der Waals surface area (Å²) in [7, 11) is 1.64. The molecule has 3 heterocycles. The fourth-order valence-corrected chi connectivity index (χ4v) is 3.60. The van der Waals surface area contributed by atoms with Crippen molar-refractivity contribution in [3.63, 3.8) is 0 Å². The number of methoxy groups -OCH3 is 1. The van der Waals surface area contributed by atoms with E-state index in [0.717, 1.165) is 47.6 Å². The van der Waals surface area contributed by atoms with Gasteiger partial charge in [-0.1, -0.05) is 5.16 Å². The van der Waals surface area contributed by atoms with Gasteiger partial charge in [-0.25, -0.2) is 4.98 Å². The molecule has 4 rings (SSSR count). The highest BCUT2D eigenvalue weighted by atomic mass is 32.2. The van der Waals surface area contributed by atoms with Crippen LogP contribution in [0, 0.1) is 0 Å². The quantitative estimate of drug-likeness (QED) is 0.733. The minimum atomic E-state index is 0.537. The lowest BCUT2D eigenvalue weighted by Gasteiger charge is -2.26. The van der Waals surface area contributed by atoms with Crippen LogP contribution in [0.5, 0.6) is 5.75 Å². The number of nitrogens with zero attached hydrogens (tertiary/aromatic N) is 4. The van der Waals surface area contributed by atoms with E-state index in [9.17, 15) is 0 Å². The zero-order valence-corrected chi connectivity index (χ0v) is 15.2. The van der Waals surface area contributed by atoms with Crippen LogP contribution in [0.4, 0.5) is 17.7 Å². The van der Waals surface area contributed by atoms with Crippen LogP contribution in [-0.4, -0.2) is 46.8 Å². The zero-order chi connectivity index (χ0) is 17.8. The van der Waals surface area contributed by atoms with E-state index < -0.39 is 0 Å². The van der Waals surface area contributed by atoms with Gasteiger partial charge in [0.2, 0.25) is 11.8 Å². The predicted molar refractivity (Wildman–Crippen MR) is 103 cm³/mol. The molecule has 1 aromatic carbocycles. The molecule has 134 valence electrons. The lowest BCUT2D eigenvalue weighted by Crippen LogP contribution is -2.33. The third-order valence-electron chi connectivity index (χ3n) is 4.08. The molecule has 0 unspecified atom stereocenters. The van der Waals surface area contributed by atoms with E-state index in [4.69, 9.17) is 9.26 Å². The summed E-state index contributed by atoms with van der Waals surface area (Å²) in [5, 5.41) is 7.27. The van der Waals surface area contributed by atoms with Crippen molar-refractivity contribution in [2.45, 2.75) is 0 Å². The topological polar surface area (TPSA) is 76.3 Å². The Morgan fingerprint density at radius 2 is 1.96 bits per heavy atom. The molecule has 0 saturated carbocycles. The largest absolute Gasteiger partial charge is 0.497 e. The highest BCUT2D eigenvalue weighted by molar-refractivity contribution is 7.99.